The molecule has 0 unspecified atom stereocenters. The van der Waals surface area contributed by atoms with Gasteiger partial charge in [0.15, 0.2) is 6.34 Å². The molecule has 0 aromatic rings. The highest BCUT2D eigenvalue weighted by Crippen LogP contribution is 1.93. The second-order valence-corrected chi connectivity index (χ2v) is 1.32. The standard InChI is InChI=1S/C4H6N3/c5-4-7-3-1-2-6-7/h2,5H,1,3H2. The molecule has 0 fully saturated rings. The highest BCUT2D eigenvalue weighted by molar-refractivity contribution is 5.64. The Morgan fingerprint density at radius 3 is 3.00 bits per heavy atom. The predicted octanol–water partition coefficient (Wildman–Crippen LogP) is 0.162. The average molecular weight is 96.1 g/mol. The number of hydrogen-bond donors (Lipinski definition) is 1. The maximum Gasteiger partial charge on any atom is 0.186 e. The van der Waals surface area contributed by atoms with Gasteiger partial charge in [0, 0.05) is 19.2 Å². The molecule has 1 aliphatic heterocycles. The largest absolute Gasteiger partial charge is 0.280 e. The van der Waals surface area contributed by atoms with Crippen LogP contribution in [0.25, 0.3) is 0 Å². The fraction of sp³-hybridized carbons (Fsp3) is 0.500. The van der Waals surface area contributed by atoms with E-state index in [4.69, 9.17) is 5.41 Å². The maximum atomic E-state index is 6.56. The highest BCUT2D eigenvalue weighted by atomic mass is 15.5. The first-order valence-electron chi connectivity index (χ1n) is 2.16. The Kier molecular flexibility index (Phi) is 1.06. The zero-order valence-electron chi connectivity index (χ0n) is 3.89. The molecule has 3 nitrogen and oxygen atoms in total. The van der Waals surface area contributed by atoms with Crippen LogP contribution >= 0.6 is 0 Å². The number of nitrogens with one attached hydrogen (secondary N) is 1. The van der Waals surface area contributed by atoms with Crippen LogP contribution < -0.4 is 0 Å². The molecule has 0 amide bonds. The summed E-state index contributed by atoms with van der Waals surface area (Å²) >= 11 is 0. The summed E-state index contributed by atoms with van der Waals surface area (Å²) in [6.45, 7) is 0.823. The van der Waals surface area contributed by atoms with E-state index in [1.54, 1.807) is 6.21 Å². The Balaban J connectivity index is 2.42. The lowest BCUT2D eigenvalue weighted by molar-refractivity contribution is 0.504. The van der Waals surface area contributed by atoms with Crippen LogP contribution in [0.3, 0.4) is 0 Å². The lowest BCUT2D eigenvalue weighted by Crippen LogP contribution is -2.09. The summed E-state index contributed by atoms with van der Waals surface area (Å²) in [6, 6.07) is 0. The van der Waals surface area contributed by atoms with Crippen molar-refractivity contribution in [1.82, 2.24) is 5.01 Å². The van der Waals surface area contributed by atoms with Gasteiger partial charge in [-0.05, 0) is 0 Å². The van der Waals surface area contributed by atoms with Gasteiger partial charge in [0.25, 0.3) is 0 Å². The van der Waals surface area contributed by atoms with Gasteiger partial charge in [-0.2, -0.15) is 5.10 Å². The van der Waals surface area contributed by atoms with Gasteiger partial charge < -0.3 is 0 Å². The Morgan fingerprint density at radius 2 is 2.71 bits per heavy atom. The van der Waals surface area contributed by atoms with Crippen molar-refractivity contribution in [2.75, 3.05) is 6.54 Å². The first-order valence-corrected chi connectivity index (χ1v) is 2.16. The van der Waals surface area contributed by atoms with Gasteiger partial charge in [0.2, 0.25) is 0 Å². The SMILES string of the molecule is N=[C]N1CCC=N1. The summed E-state index contributed by atoms with van der Waals surface area (Å²) < 4.78 is 0. The quantitative estimate of drug-likeness (QED) is 0.366. The summed E-state index contributed by atoms with van der Waals surface area (Å²) in [5, 5.41) is 11.8. The van der Waals surface area contributed by atoms with Gasteiger partial charge in [0.1, 0.15) is 0 Å². The Hall–Kier alpha value is -0.860. The zero-order valence-corrected chi connectivity index (χ0v) is 3.89. The first-order chi connectivity index (χ1) is 3.43. The van der Waals surface area contributed by atoms with Crippen molar-refractivity contribution >= 4 is 12.6 Å². The van der Waals surface area contributed by atoms with E-state index in [1.807, 2.05) is 0 Å². The van der Waals surface area contributed by atoms with Crippen LogP contribution in [0.15, 0.2) is 5.10 Å². The molecule has 0 spiro atoms. The number of rotatable bonds is 1. The topological polar surface area (TPSA) is 39.5 Å². The highest BCUT2D eigenvalue weighted by Gasteiger charge is 1.99. The third kappa shape index (κ3) is 0.765. The van der Waals surface area contributed by atoms with Crippen molar-refractivity contribution in [3.8, 4) is 0 Å². The van der Waals surface area contributed by atoms with E-state index in [9.17, 15) is 0 Å². The molecule has 0 atom stereocenters. The second-order valence-electron chi connectivity index (χ2n) is 1.32. The molecule has 0 bridgehead atoms. The molecule has 3 heteroatoms. The van der Waals surface area contributed by atoms with E-state index >= 15 is 0 Å². The molecular formula is C4H6N3. The molecule has 1 rings (SSSR count). The molecule has 1 radical (unpaired) electrons. The van der Waals surface area contributed by atoms with Gasteiger partial charge in [-0.1, -0.05) is 0 Å². The van der Waals surface area contributed by atoms with E-state index in [-0.39, 0.29) is 0 Å². The monoisotopic (exact) mass is 96.1 g/mol. The van der Waals surface area contributed by atoms with E-state index in [0.717, 1.165) is 13.0 Å². The Bertz CT molecular complexity index is 97.1. The van der Waals surface area contributed by atoms with Crippen molar-refractivity contribution < 1.29 is 0 Å². The zero-order chi connectivity index (χ0) is 5.11. The van der Waals surface area contributed by atoms with Crippen LogP contribution in [-0.2, 0) is 0 Å². The molecule has 1 N–H and O–H groups in total. The molecule has 0 saturated heterocycles. The second kappa shape index (κ2) is 1.73. The van der Waals surface area contributed by atoms with Crippen LogP contribution in [-0.4, -0.2) is 24.1 Å². The Labute approximate surface area is 42.1 Å². The molecule has 7 heavy (non-hydrogen) atoms. The molecule has 0 aromatic heterocycles. The van der Waals surface area contributed by atoms with E-state index in [2.05, 4.69) is 11.4 Å². The minimum atomic E-state index is 0.823. The number of hydrogen-bond acceptors (Lipinski definition) is 2. The van der Waals surface area contributed by atoms with E-state index < -0.39 is 0 Å². The van der Waals surface area contributed by atoms with Gasteiger partial charge in [0.05, 0.1) is 0 Å². The van der Waals surface area contributed by atoms with Crippen LogP contribution in [0.2, 0.25) is 0 Å². The van der Waals surface area contributed by atoms with Crippen molar-refractivity contribution in [3.63, 3.8) is 0 Å². The lowest BCUT2D eigenvalue weighted by atomic mass is 10.5. The number of hydrazone groups is 1. The summed E-state index contributed by atoms with van der Waals surface area (Å²) in [5.74, 6) is 0. The third-order valence-electron chi connectivity index (χ3n) is 0.820. The minimum absolute atomic E-state index is 0.823. The van der Waals surface area contributed by atoms with Gasteiger partial charge in [-0.25, -0.2) is 5.01 Å². The average Bonchev–Trinajstić information content (AvgIpc) is 2.14. The normalized spacial score (nSPS) is 18.0. The molecule has 0 saturated carbocycles. The molecule has 0 aliphatic carbocycles. The molecule has 37 valence electrons. The molecule has 1 aliphatic rings. The van der Waals surface area contributed by atoms with Crippen LogP contribution in [0.1, 0.15) is 6.42 Å². The minimum Gasteiger partial charge on any atom is -0.280 e. The molecule has 0 aromatic carbocycles. The summed E-state index contributed by atoms with van der Waals surface area (Å²) in [5.41, 5.74) is 0. The van der Waals surface area contributed by atoms with Gasteiger partial charge in [-0.3, -0.25) is 5.41 Å². The lowest BCUT2D eigenvalue weighted by Gasteiger charge is -1.99. The molecular weight excluding hydrogens is 90.1 g/mol. The predicted molar refractivity (Wildman–Crippen MR) is 27.5 cm³/mol. The van der Waals surface area contributed by atoms with Crippen LogP contribution in [0.4, 0.5) is 0 Å². The van der Waals surface area contributed by atoms with Crippen molar-refractivity contribution in [1.29, 1.82) is 5.41 Å². The van der Waals surface area contributed by atoms with Gasteiger partial charge in [-0.15, -0.1) is 0 Å². The fourth-order valence-electron chi connectivity index (χ4n) is 0.479. The van der Waals surface area contributed by atoms with E-state index in [1.165, 1.54) is 5.01 Å². The number of nitrogens with zero attached hydrogens (tertiary/aromatic N) is 2. The Morgan fingerprint density at radius 1 is 1.86 bits per heavy atom. The van der Waals surface area contributed by atoms with Crippen molar-refractivity contribution in [2.45, 2.75) is 6.42 Å². The summed E-state index contributed by atoms with van der Waals surface area (Å²) in [7, 11) is 0. The van der Waals surface area contributed by atoms with E-state index in [0.29, 0.717) is 0 Å². The van der Waals surface area contributed by atoms with Crippen LogP contribution in [0.5, 0.6) is 0 Å². The third-order valence-corrected chi connectivity index (χ3v) is 0.820. The summed E-state index contributed by atoms with van der Waals surface area (Å²) in [6.07, 6.45) is 4.88. The summed E-state index contributed by atoms with van der Waals surface area (Å²) in [4.78, 5) is 0. The first kappa shape index (κ1) is 4.30. The maximum absolute atomic E-state index is 6.56. The fourth-order valence-corrected chi connectivity index (χ4v) is 0.479. The van der Waals surface area contributed by atoms with Crippen molar-refractivity contribution in [2.24, 2.45) is 5.10 Å². The molecule has 1 heterocycles. The van der Waals surface area contributed by atoms with Gasteiger partial charge >= 0.3 is 0 Å². The van der Waals surface area contributed by atoms with Crippen molar-refractivity contribution in [3.05, 3.63) is 0 Å². The smallest absolute Gasteiger partial charge is 0.186 e. The van der Waals surface area contributed by atoms with Crippen LogP contribution in [0, 0.1) is 5.41 Å².